The van der Waals surface area contributed by atoms with E-state index in [9.17, 15) is 4.79 Å². The zero-order chi connectivity index (χ0) is 15.4. The lowest BCUT2D eigenvalue weighted by atomic mass is 10.2. The van der Waals surface area contributed by atoms with Crippen molar-refractivity contribution < 1.29 is 19.7 Å². The van der Waals surface area contributed by atoms with E-state index in [0.717, 1.165) is 25.1 Å². The fraction of sp³-hybridized carbons (Fsp3) is 0.400. The molecular formula is C15H21NO4. The molecule has 1 aliphatic rings. The van der Waals surface area contributed by atoms with Gasteiger partial charge in [0.15, 0.2) is 6.61 Å². The number of hydrogen-bond acceptors (Lipinski definition) is 4. The maximum atomic E-state index is 10.1. The van der Waals surface area contributed by atoms with Gasteiger partial charge in [0.2, 0.25) is 0 Å². The number of rotatable bonds is 3. The van der Waals surface area contributed by atoms with Crippen molar-refractivity contribution in [1.82, 2.24) is 5.32 Å². The Kier molecular flexibility index (Phi) is 9.75. The van der Waals surface area contributed by atoms with E-state index in [-0.39, 0.29) is 12.7 Å². The van der Waals surface area contributed by atoms with Crippen LogP contribution >= 0.6 is 0 Å². The van der Waals surface area contributed by atoms with E-state index in [0.29, 0.717) is 5.75 Å². The second-order valence-corrected chi connectivity index (χ2v) is 4.14. The van der Waals surface area contributed by atoms with Crippen molar-refractivity contribution in [3.8, 4) is 18.6 Å². The monoisotopic (exact) mass is 279 g/mol. The maximum absolute atomic E-state index is 10.1. The molecule has 0 aromatic heterocycles. The molecule has 0 radical (unpaired) electrons. The lowest BCUT2D eigenvalue weighted by molar-refractivity contribution is -0.139. The molecule has 1 fully saturated rings. The number of carbonyl (C=O) groups is 1. The van der Waals surface area contributed by atoms with Gasteiger partial charge >= 0.3 is 5.97 Å². The summed E-state index contributed by atoms with van der Waals surface area (Å²) in [5.41, 5.74) is 1.12. The predicted octanol–water partition coefficient (Wildman–Crippen LogP) is 1.05. The first kappa shape index (κ1) is 18.0. The highest BCUT2D eigenvalue weighted by molar-refractivity contribution is 5.68. The average Bonchev–Trinajstić information content (AvgIpc) is 2.92. The fourth-order valence-electron chi connectivity index (χ4n) is 1.42. The number of aryl methyl sites for hydroxylation is 1. The van der Waals surface area contributed by atoms with Gasteiger partial charge < -0.3 is 20.3 Å². The number of nitrogens with one attached hydrogen (secondary N) is 1. The maximum Gasteiger partial charge on any atom is 0.341 e. The van der Waals surface area contributed by atoms with E-state index in [1.165, 1.54) is 0 Å². The topological polar surface area (TPSA) is 78.8 Å². The van der Waals surface area contributed by atoms with Crippen molar-refractivity contribution in [3.05, 3.63) is 29.8 Å². The summed E-state index contributed by atoms with van der Waals surface area (Å²) >= 11 is 0. The summed E-state index contributed by atoms with van der Waals surface area (Å²) in [6.07, 6.45) is 8.87. The van der Waals surface area contributed by atoms with Crippen LogP contribution in [0, 0.1) is 19.8 Å². The van der Waals surface area contributed by atoms with Crippen LogP contribution in [0.2, 0.25) is 0 Å². The normalized spacial score (nSPS) is 16.1. The number of carboxylic acid groups (broad SMARTS) is 1. The lowest BCUT2D eigenvalue weighted by Crippen LogP contribution is -2.11. The van der Waals surface area contributed by atoms with Crippen LogP contribution in [0.3, 0.4) is 0 Å². The van der Waals surface area contributed by atoms with Gasteiger partial charge in [-0.2, -0.15) is 0 Å². The number of aliphatic hydroxyl groups is 1. The van der Waals surface area contributed by atoms with Crippen LogP contribution in [0.4, 0.5) is 0 Å². The second-order valence-electron chi connectivity index (χ2n) is 4.14. The van der Waals surface area contributed by atoms with Gasteiger partial charge in [-0.1, -0.05) is 17.7 Å². The average molecular weight is 279 g/mol. The van der Waals surface area contributed by atoms with Gasteiger partial charge in [-0.15, -0.1) is 12.8 Å². The number of ether oxygens (including phenoxy) is 1. The molecular weight excluding hydrogens is 258 g/mol. The van der Waals surface area contributed by atoms with Crippen LogP contribution in [0.25, 0.3) is 0 Å². The first-order valence-corrected chi connectivity index (χ1v) is 6.21. The van der Waals surface area contributed by atoms with Crippen molar-refractivity contribution in [3.63, 3.8) is 0 Å². The Labute approximate surface area is 119 Å². The molecule has 1 aliphatic heterocycles. The number of carboxylic acids is 1. The van der Waals surface area contributed by atoms with Crippen LogP contribution in [-0.2, 0) is 4.79 Å². The zero-order valence-electron chi connectivity index (χ0n) is 11.6. The summed E-state index contributed by atoms with van der Waals surface area (Å²) in [6, 6.07) is 7.24. The molecule has 5 nitrogen and oxygen atoms in total. The van der Waals surface area contributed by atoms with Gasteiger partial charge in [-0.3, -0.25) is 0 Å². The molecule has 1 aromatic carbocycles. The number of aliphatic carboxylic acids is 1. The van der Waals surface area contributed by atoms with Crippen LogP contribution in [0.1, 0.15) is 12.0 Å². The molecule has 20 heavy (non-hydrogen) atoms. The van der Waals surface area contributed by atoms with Crippen molar-refractivity contribution >= 4 is 5.97 Å². The van der Waals surface area contributed by atoms with Gasteiger partial charge in [0.05, 0.1) is 6.10 Å². The highest BCUT2D eigenvalue weighted by Gasteiger charge is 2.08. The first-order chi connectivity index (χ1) is 9.58. The Balaban J connectivity index is 0.000000377. The number of hydrogen-bond donors (Lipinski definition) is 3. The minimum atomic E-state index is -0.962. The SMILES string of the molecule is C#C.Cc1ccc(OCC(=O)O)cc1.O[C@@H]1CCNC1. The Hall–Kier alpha value is -2.03. The van der Waals surface area contributed by atoms with E-state index < -0.39 is 5.97 Å². The summed E-state index contributed by atoms with van der Waals surface area (Å²) in [5.74, 6) is -0.376. The van der Waals surface area contributed by atoms with Crippen LogP contribution in [-0.4, -0.2) is 42.0 Å². The standard InChI is InChI=1S/C9H10O3.C4H9NO.C2H2/c1-7-2-4-8(5-3-7)12-6-9(10)11;6-4-1-2-5-3-4;1-2/h2-5H,6H2,1H3,(H,10,11);4-6H,1-3H2;1-2H/t;4-;/m.1./s1. The summed E-state index contributed by atoms with van der Waals surface area (Å²) in [4.78, 5) is 10.1. The van der Waals surface area contributed by atoms with E-state index in [2.05, 4.69) is 18.2 Å². The van der Waals surface area contributed by atoms with Crippen molar-refractivity contribution in [2.75, 3.05) is 19.7 Å². The number of β-amino-alcohol motifs (C(OH)–C–C–N with tert-alkyl or cyclic N) is 1. The Bertz CT molecular complexity index is 394. The van der Waals surface area contributed by atoms with Crippen LogP contribution in [0.5, 0.6) is 5.75 Å². The van der Waals surface area contributed by atoms with E-state index in [1.54, 1.807) is 12.1 Å². The van der Waals surface area contributed by atoms with E-state index in [1.807, 2.05) is 19.1 Å². The molecule has 0 saturated carbocycles. The van der Waals surface area contributed by atoms with E-state index >= 15 is 0 Å². The van der Waals surface area contributed by atoms with Crippen LogP contribution in [0.15, 0.2) is 24.3 Å². The van der Waals surface area contributed by atoms with Gasteiger partial charge in [0.25, 0.3) is 0 Å². The third kappa shape index (κ3) is 8.97. The van der Waals surface area contributed by atoms with Crippen molar-refractivity contribution in [2.45, 2.75) is 19.4 Å². The number of aliphatic hydroxyl groups excluding tert-OH is 1. The van der Waals surface area contributed by atoms with Gasteiger partial charge in [-0.05, 0) is 32.0 Å². The Morgan fingerprint density at radius 2 is 2.00 bits per heavy atom. The number of terminal acetylenes is 1. The minimum Gasteiger partial charge on any atom is -0.482 e. The van der Waals surface area contributed by atoms with Gasteiger partial charge in [-0.25, -0.2) is 4.79 Å². The molecule has 1 heterocycles. The van der Waals surface area contributed by atoms with Gasteiger partial charge in [0.1, 0.15) is 5.75 Å². The third-order valence-corrected chi connectivity index (χ3v) is 2.42. The van der Waals surface area contributed by atoms with Crippen LogP contribution < -0.4 is 10.1 Å². The second kappa shape index (κ2) is 10.9. The molecule has 1 saturated heterocycles. The Morgan fingerprint density at radius 3 is 2.35 bits per heavy atom. The largest absolute Gasteiger partial charge is 0.482 e. The summed E-state index contributed by atoms with van der Waals surface area (Å²) in [7, 11) is 0. The van der Waals surface area contributed by atoms with E-state index in [4.69, 9.17) is 14.9 Å². The molecule has 0 amide bonds. The highest BCUT2D eigenvalue weighted by atomic mass is 16.5. The molecule has 1 aromatic rings. The quantitative estimate of drug-likeness (QED) is 0.721. The molecule has 0 aliphatic carbocycles. The zero-order valence-corrected chi connectivity index (χ0v) is 11.6. The predicted molar refractivity (Wildman–Crippen MR) is 77.7 cm³/mol. The molecule has 0 spiro atoms. The first-order valence-electron chi connectivity index (χ1n) is 6.21. The molecule has 0 bridgehead atoms. The molecule has 0 unspecified atom stereocenters. The lowest BCUT2D eigenvalue weighted by Gasteiger charge is -2.01. The molecule has 2 rings (SSSR count). The van der Waals surface area contributed by atoms with Gasteiger partial charge in [0, 0.05) is 6.54 Å². The molecule has 5 heteroatoms. The smallest absolute Gasteiger partial charge is 0.341 e. The van der Waals surface area contributed by atoms with Crippen molar-refractivity contribution in [1.29, 1.82) is 0 Å². The summed E-state index contributed by atoms with van der Waals surface area (Å²) < 4.78 is 4.92. The third-order valence-electron chi connectivity index (χ3n) is 2.42. The fourth-order valence-corrected chi connectivity index (χ4v) is 1.42. The number of benzene rings is 1. The summed E-state index contributed by atoms with van der Waals surface area (Å²) in [5, 5.41) is 20.0. The molecule has 1 atom stereocenters. The molecule has 3 N–H and O–H groups in total. The summed E-state index contributed by atoms with van der Waals surface area (Å²) in [6.45, 7) is 3.45. The Morgan fingerprint density at radius 1 is 1.40 bits per heavy atom. The highest BCUT2D eigenvalue weighted by Crippen LogP contribution is 2.10. The minimum absolute atomic E-state index is 0.0648. The molecule has 110 valence electrons. The van der Waals surface area contributed by atoms with Crippen molar-refractivity contribution in [2.24, 2.45) is 0 Å².